The SMILES string of the molecule is CN1CCOc2ccc(S(=O)(=O)Nc3ccc(O)cc3)cc21. The second kappa shape index (κ2) is 5.42. The average molecular weight is 320 g/mol. The Morgan fingerprint density at radius 3 is 2.64 bits per heavy atom. The maximum absolute atomic E-state index is 12.4. The molecular formula is C15H16N2O4S. The molecule has 0 unspecified atom stereocenters. The Morgan fingerprint density at radius 1 is 1.18 bits per heavy atom. The lowest BCUT2D eigenvalue weighted by molar-refractivity contribution is 0.311. The van der Waals surface area contributed by atoms with E-state index >= 15 is 0 Å². The Balaban J connectivity index is 1.92. The molecule has 0 bridgehead atoms. The van der Waals surface area contributed by atoms with Crippen molar-refractivity contribution in [2.75, 3.05) is 29.8 Å². The van der Waals surface area contributed by atoms with Gasteiger partial charge in [0, 0.05) is 12.7 Å². The Hall–Kier alpha value is -2.41. The zero-order valence-corrected chi connectivity index (χ0v) is 12.8. The minimum absolute atomic E-state index is 0.0792. The molecule has 0 saturated heterocycles. The summed E-state index contributed by atoms with van der Waals surface area (Å²) in [5.74, 6) is 0.757. The summed E-state index contributed by atoms with van der Waals surface area (Å²) in [7, 11) is -1.80. The predicted molar refractivity (Wildman–Crippen MR) is 84.1 cm³/mol. The Bertz CT molecular complexity index is 788. The number of aromatic hydroxyl groups is 1. The first-order chi connectivity index (χ1) is 10.5. The number of ether oxygens (including phenoxy) is 1. The Labute approximate surface area is 129 Å². The minimum atomic E-state index is -3.70. The molecule has 1 aliphatic rings. The molecular weight excluding hydrogens is 304 g/mol. The smallest absolute Gasteiger partial charge is 0.261 e. The van der Waals surface area contributed by atoms with E-state index in [9.17, 15) is 13.5 Å². The third kappa shape index (κ3) is 2.80. The number of nitrogens with one attached hydrogen (secondary N) is 1. The minimum Gasteiger partial charge on any atom is -0.508 e. The van der Waals surface area contributed by atoms with Crippen LogP contribution in [0, 0.1) is 0 Å². The summed E-state index contributed by atoms with van der Waals surface area (Å²) in [6.45, 7) is 1.29. The first-order valence-corrected chi connectivity index (χ1v) is 8.24. The summed E-state index contributed by atoms with van der Waals surface area (Å²) in [6.07, 6.45) is 0. The summed E-state index contributed by atoms with van der Waals surface area (Å²) < 4.78 is 32.9. The fourth-order valence-electron chi connectivity index (χ4n) is 2.24. The molecule has 0 spiro atoms. The lowest BCUT2D eigenvalue weighted by Gasteiger charge is -2.28. The molecule has 1 heterocycles. The van der Waals surface area contributed by atoms with Crippen molar-refractivity contribution in [3.63, 3.8) is 0 Å². The molecule has 2 N–H and O–H groups in total. The van der Waals surface area contributed by atoms with E-state index in [-0.39, 0.29) is 10.6 Å². The van der Waals surface area contributed by atoms with Crippen LogP contribution in [0.15, 0.2) is 47.4 Å². The standard InChI is InChI=1S/C15H16N2O4S/c1-17-8-9-21-15-7-6-13(10-14(15)17)22(19,20)16-11-2-4-12(18)5-3-11/h2-7,10,16,18H,8-9H2,1H3. The third-order valence-corrected chi connectivity index (χ3v) is 4.83. The van der Waals surface area contributed by atoms with Gasteiger partial charge in [0.25, 0.3) is 10.0 Å². The van der Waals surface area contributed by atoms with Gasteiger partial charge in [-0.15, -0.1) is 0 Å². The van der Waals surface area contributed by atoms with E-state index in [1.165, 1.54) is 30.3 Å². The lowest BCUT2D eigenvalue weighted by atomic mass is 10.2. The van der Waals surface area contributed by atoms with Crippen LogP contribution < -0.4 is 14.4 Å². The fraction of sp³-hybridized carbons (Fsp3) is 0.200. The van der Waals surface area contributed by atoms with E-state index in [0.29, 0.717) is 24.6 Å². The molecule has 0 radical (unpaired) electrons. The van der Waals surface area contributed by atoms with Gasteiger partial charge in [-0.25, -0.2) is 8.42 Å². The number of rotatable bonds is 3. The number of benzene rings is 2. The van der Waals surface area contributed by atoms with Crippen molar-refractivity contribution in [3.05, 3.63) is 42.5 Å². The number of sulfonamides is 1. The van der Waals surface area contributed by atoms with Gasteiger partial charge in [0.15, 0.2) is 0 Å². The van der Waals surface area contributed by atoms with E-state index in [1.54, 1.807) is 12.1 Å². The van der Waals surface area contributed by atoms with Gasteiger partial charge >= 0.3 is 0 Å². The molecule has 0 saturated carbocycles. The van der Waals surface area contributed by atoms with E-state index in [0.717, 1.165) is 5.69 Å². The summed E-state index contributed by atoms with van der Waals surface area (Å²) in [5, 5.41) is 9.24. The van der Waals surface area contributed by atoms with E-state index in [2.05, 4.69) is 4.72 Å². The van der Waals surface area contributed by atoms with Crippen molar-refractivity contribution in [2.45, 2.75) is 4.90 Å². The molecule has 0 atom stereocenters. The molecule has 0 aliphatic carbocycles. The molecule has 0 aromatic heterocycles. The van der Waals surface area contributed by atoms with Crippen LogP contribution in [-0.4, -0.2) is 33.7 Å². The van der Waals surface area contributed by atoms with Gasteiger partial charge in [0.2, 0.25) is 0 Å². The van der Waals surface area contributed by atoms with Crippen LogP contribution >= 0.6 is 0 Å². The number of nitrogens with zero attached hydrogens (tertiary/aromatic N) is 1. The van der Waals surface area contributed by atoms with Crippen LogP contribution in [0.4, 0.5) is 11.4 Å². The maximum Gasteiger partial charge on any atom is 0.261 e. The first-order valence-electron chi connectivity index (χ1n) is 6.75. The van der Waals surface area contributed by atoms with E-state index in [4.69, 9.17) is 4.74 Å². The Morgan fingerprint density at radius 2 is 1.91 bits per heavy atom. The number of hydrogen-bond donors (Lipinski definition) is 2. The van der Waals surface area contributed by atoms with Gasteiger partial charge in [-0.2, -0.15) is 0 Å². The molecule has 2 aromatic rings. The van der Waals surface area contributed by atoms with Gasteiger partial charge in [-0.05, 0) is 42.5 Å². The number of anilines is 2. The number of phenolic OH excluding ortho intramolecular Hbond substituents is 1. The molecule has 0 amide bonds. The highest BCUT2D eigenvalue weighted by molar-refractivity contribution is 7.92. The van der Waals surface area contributed by atoms with E-state index in [1.807, 2.05) is 11.9 Å². The quantitative estimate of drug-likeness (QED) is 0.846. The highest BCUT2D eigenvalue weighted by Crippen LogP contribution is 2.33. The molecule has 116 valence electrons. The molecule has 2 aromatic carbocycles. The van der Waals surface area contributed by atoms with Crippen molar-refractivity contribution in [1.82, 2.24) is 0 Å². The molecule has 22 heavy (non-hydrogen) atoms. The number of fused-ring (bicyclic) bond motifs is 1. The average Bonchev–Trinajstić information content (AvgIpc) is 2.49. The largest absolute Gasteiger partial charge is 0.508 e. The van der Waals surface area contributed by atoms with Crippen LogP contribution in [0.3, 0.4) is 0 Å². The number of phenols is 1. The van der Waals surface area contributed by atoms with Crippen LogP contribution in [-0.2, 0) is 10.0 Å². The van der Waals surface area contributed by atoms with Crippen LogP contribution in [0.1, 0.15) is 0 Å². The fourth-order valence-corrected chi connectivity index (χ4v) is 3.32. The highest BCUT2D eigenvalue weighted by atomic mass is 32.2. The van der Waals surface area contributed by atoms with Gasteiger partial charge in [-0.3, -0.25) is 4.72 Å². The number of likely N-dealkylation sites (N-methyl/N-ethyl adjacent to an activating group) is 1. The zero-order chi connectivity index (χ0) is 15.7. The summed E-state index contributed by atoms with van der Waals surface area (Å²) >= 11 is 0. The Kier molecular flexibility index (Phi) is 3.58. The van der Waals surface area contributed by atoms with Crippen molar-refractivity contribution < 1.29 is 18.3 Å². The van der Waals surface area contributed by atoms with Crippen LogP contribution in [0.2, 0.25) is 0 Å². The van der Waals surface area contributed by atoms with Gasteiger partial charge in [0.05, 0.1) is 17.1 Å². The monoisotopic (exact) mass is 320 g/mol. The summed E-state index contributed by atoms with van der Waals surface area (Å²) in [5.41, 5.74) is 1.14. The second-order valence-corrected chi connectivity index (χ2v) is 6.73. The van der Waals surface area contributed by atoms with Crippen molar-refractivity contribution in [1.29, 1.82) is 0 Å². The summed E-state index contributed by atoms with van der Waals surface area (Å²) in [6, 6.07) is 10.6. The normalized spacial score (nSPS) is 14.1. The first kappa shape index (κ1) is 14.5. The van der Waals surface area contributed by atoms with Crippen LogP contribution in [0.25, 0.3) is 0 Å². The van der Waals surface area contributed by atoms with Gasteiger partial charge in [0.1, 0.15) is 18.1 Å². The van der Waals surface area contributed by atoms with Crippen molar-refractivity contribution in [2.24, 2.45) is 0 Å². The van der Waals surface area contributed by atoms with Gasteiger partial charge in [-0.1, -0.05) is 0 Å². The zero-order valence-electron chi connectivity index (χ0n) is 12.0. The van der Waals surface area contributed by atoms with Gasteiger partial charge < -0.3 is 14.7 Å². The third-order valence-electron chi connectivity index (χ3n) is 3.46. The van der Waals surface area contributed by atoms with Crippen LogP contribution in [0.5, 0.6) is 11.5 Å². The van der Waals surface area contributed by atoms with Crippen molar-refractivity contribution in [3.8, 4) is 11.5 Å². The molecule has 7 heteroatoms. The molecule has 3 rings (SSSR count). The molecule has 1 aliphatic heterocycles. The predicted octanol–water partition coefficient (Wildman–Crippen LogP) is 2.02. The highest BCUT2D eigenvalue weighted by Gasteiger charge is 2.20. The van der Waals surface area contributed by atoms with Crippen molar-refractivity contribution >= 4 is 21.4 Å². The number of hydrogen-bond acceptors (Lipinski definition) is 5. The topological polar surface area (TPSA) is 78.9 Å². The molecule has 6 nitrogen and oxygen atoms in total. The summed E-state index contributed by atoms with van der Waals surface area (Å²) in [4.78, 5) is 2.12. The lowest BCUT2D eigenvalue weighted by Crippen LogP contribution is -2.29. The maximum atomic E-state index is 12.4. The second-order valence-electron chi connectivity index (χ2n) is 5.05. The van der Waals surface area contributed by atoms with E-state index < -0.39 is 10.0 Å². The molecule has 0 fully saturated rings.